The van der Waals surface area contributed by atoms with Gasteiger partial charge in [-0.15, -0.1) is 0 Å². The van der Waals surface area contributed by atoms with Gasteiger partial charge < -0.3 is 15.4 Å². The molecule has 0 atom stereocenters. The number of amides is 2. The average Bonchev–Trinajstić information content (AvgIpc) is 2.96. The molecule has 0 saturated carbocycles. The highest BCUT2D eigenvalue weighted by atomic mass is 35.5. The van der Waals surface area contributed by atoms with Crippen LogP contribution in [0.2, 0.25) is 5.15 Å². The van der Waals surface area contributed by atoms with Gasteiger partial charge in [-0.25, -0.2) is 4.68 Å². The molecule has 3 rings (SSSR count). The molecule has 2 N–H and O–H groups in total. The second kappa shape index (κ2) is 9.00. The van der Waals surface area contributed by atoms with Crippen molar-refractivity contribution in [2.24, 2.45) is 0 Å². The lowest BCUT2D eigenvalue weighted by molar-refractivity contribution is -0.114. The number of nitrogens with zero attached hydrogens (tertiary/aromatic N) is 2. The molecular formula is C22H23ClN4O3. The van der Waals surface area contributed by atoms with Gasteiger partial charge in [0.15, 0.2) is 0 Å². The lowest BCUT2D eigenvalue weighted by Crippen LogP contribution is -2.14. The van der Waals surface area contributed by atoms with Gasteiger partial charge in [-0.05, 0) is 37.6 Å². The van der Waals surface area contributed by atoms with Crippen molar-refractivity contribution < 1.29 is 14.3 Å². The molecule has 3 aromatic rings. The zero-order valence-electron chi connectivity index (χ0n) is 17.2. The van der Waals surface area contributed by atoms with E-state index in [9.17, 15) is 9.59 Å². The van der Waals surface area contributed by atoms with Crippen LogP contribution in [0.25, 0.3) is 0 Å². The van der Waals surface area contributed by atoms with E-state index in [1.807, 2.05) is 31.2 Å². The number of aryl methyl sites for hydroxylation is 2. The molecule has 0 spiro atoms. The summed E-state index contributed by atoms with van der Waals surface area (Å²) in [4.78, 5) is 24.3. The molecule has 0 fully saturated rings. The lowest BCUT2D eigenvalue weighted by Gasteiger charge is -2.12. The molecule has 1 aromatic heterocycles. The fourth-order valence-electron chi connectivity index (χ4n) is 3.05. The molecule has 0 aliphatic carbocycles. The molecule has 2 aromatic carbocycles. The Balaban J connectivity index is 1.86. The summed E-state index contributed by atoms with van der Waals surface area (Å²) in [6.07, 6.45) is 0. The molecule has 0 aliphatic heterocycles. The molecule has 0 radical (unpaired) electrons. The number of anilines is 2. The maximum atomic E-state index is 13.0. The van der Waals surface area contributed by atoms with E-state index in [1.54, 1.807) is 29.8 Å². The van der Waals surface area contributed by atoms with Crippen molar-refractivity contribution in [1.29, 1.82) is 0 Å². The Hall–Kier alpha value is -3.32. The van der Waals surface area contributed by atoms with Crippen LogP contribution in [-0.2, 0) is 11.3 Å². The molecule has 1 heterocycles. The predicted octanol–water partition coefficient (Wildman–Crippen LogP) is 4.42. The van der Waals surface area contributed by atoms with Crippen molar-refractivity contribution in [3.05, 3.63) is 70.0 Å². The number of carbonyl (C=O) groups is 2. The molecule has 0 saturated heterocycles. The van der Waals surface area contributed by atoms with E-state index in [2.05, 4.69) is 15.7 Å². The van der Waals surface area contributed by atoms with E-state index < -0.39 is 5.91 Å². The monoisotopic (exact) mass is 426 g/mol. The van der Waals surface area contributed by atoms with Gasteiger partial charge in [0.05, 0.1) is 30.6 Å². The summed E-state index contributed by atoms with van der Waals surface area (Å²) >= 11 is 6.50. The van der Waals surface area contributed by atoms with Crippen LogP contribution < -0.4 is 15.4 Å². The number of aromatic nitrogens is 2. The number of hydrogen-bond donors (Lipinski definition) is 2. The van der Waals surface area contributed by atoms with Crippen molar-refractivity contribution in [2.45, 2.75) is 27.3 Å². The minimum Gasteiger partial charge on any atom is -0.495 e. The lowest BCUT2D eigenvalue weighted by atomic mass is 10.1. The summed E-state index contributed by atoms with van der Waals surface area (Å²) in [6.45, 7) is 5.62. The molecule has 0 bridgehead atoms. The molecule has 156 valence electrons. The molecule has 30 heavy (non-hydrogen) atoms. The Kier molecular flexibility index (Phi) is 6.42. The standard InChI is InChI=1S/C22H23ClN4O3/c1-13-5-7-16(8-6-13)12-27-21(23)20(14(2)26-27)22(29)25-18-11-17(24-15(3)28)9-10-19(18)30-4/h5-11H,12H2,1-4H3,(H,24,28)(H,25,29). The number of methoxy groups -OCH3 is 1. The Labute approximate surface area is 180 Å². The summed E-state index contributed by atoms with van der Waals surface area (Å²) < 4.78 is 6.91. The molecule has 2 amide bonds. The van der Waals surface area contributed by atoms with Gasteiger partial charge in [0.2, 0.25) is 5.91 Å². The first-order valence-electron chi connectivity index (χ1n) is 9.34. The second-order valence-corrected chi connectivity index (χ2v) is 7.30. The first kappa shape index (κ1) is 21.4. The SMILES string of the molecule is COc1ccc(NC(C)=O)cc1NC(=O)c1c(C)nn(Cc2ccc(C)cc2)c1Cl. The van der Waals surface area contributed by atoms with Crippen LogP contribution in [-0.4, -0.2) is 28.7 Å². The largest absolute Gasteiger partial charge is 0.495 e. The topological polar surface area (TPSA) is 85.2 Å². The molecule has 0 aliphatic rings. The summed E-state index contributed by atoms with van der Waals surface area (Å²) in [5, 5.41) is 10.2. The van der Waals surface area contributed by atoms with Gasteiger partial charge in [0.25, 0.3) is 5.91 Å². The molecule has 8 heteroatoms. The highest BCUT2D eigenvalue weighted by Gasteiger charge is 2.22. The maximum absolute atomic E-state index is 13.0. The van der Waals surface area contributed by atoms with E-state index in [1.165, 1.54) is 14.0 Å². The average molecular weight is 427 g/mol. The second-order valence-electron chi connectivity index (χ2n) is 6.94. The van der Waals surface area contributed by atoms with Crippen LogP contribution >= 0.6 is 11.6 Å². The van der Waals surface area contributed by atoms with E-state index in [-0.39, 0.29) is 16.6 Å². The number of ether oxygens (including phenoxy) is 1. The number of nitrogens with one attached hydrogen (secondary N) is 2. The normalized spacial score (nSPS) is 10.6. The first-order chi connectivity index (χ1) is 14.3. The summed E-state index contributed by atoms with van der Waals surface area (Å²) in [5.74, 6) is -0.169. The van der Waals surface area contributed by atoms with Crippen LogP contribution in [0.4, 0.5) is 11.4 Å². The third-order valence-corrected chi connectivity index (χ3v) is 4.90. The highest BCUT2D eigenvalue weighted by Crippen LogP contribution is 2.30. The number of halogens is 1. The molecular weight excluding hydrogens is 404 g/mol. The van der Waals surface area contributed by atoms with Gasteiger partial charge in [-0.1, -0.05) is 41.4 Å². The van der Waals surface area contributed by atoms with E-state index in [0.717, 1.165) is 11.1 Å². The van der Waals surface area contributed by atoms with E-state index in [4.69, 9.17) is 16.3 Å². The van der Waals surface area contributed by atoms with Crippen LogP contribution in [0.5, 0.6) is 5.75 Å². The summed E-state index contributed by atoms with van der Waals surface area (Å²) in [5.41, 5.74) is 3.95. The smallest absolute Gasteiger partial charge is 0.260 e. The maximum Gasteiger partial charge on any atom is 0.260 e. The third-order valence-electron chi connectivity index (χ3n) is 4.51. The Morgan fingerprint density at radius 1 is 1.10 bits per heavy atom. The minimum absolute atomic E-state index is 0.214. The van der Waals surface area contributed by atoms with Crippen LogP contribution in [0.15, 0.2) is 42.5 Å². The van der Waals surface area contributed by atoms with Crippen LogP contribution in [0.1, 0.15) is 34.1 Å². The zero-order valence-corrected chi connectivity index (χ0v) is 18.0. The number of benzene rings is 2. The van der Waals surface area contributed by atoms with Gasteiger partial charge in [0.1, 0.15) is 10.9 Å². The van der Waals surface area contributed by atoms with E-state index in [0.29, 0.717) is 29.4 Å². The summed E-state index contributed by atoms with van der Waals surface area (Å²) in [7, 11) is 1.50. The van der Waals surface area contributed by atoms with Gasteiger partial charge in [-0.3, -0.25) is 9.59 Å². The Bertz CT molecular complexity index is 1090. The Morgan fingerprint density at radius 3 is 2.43 bits per heavy atom. The zero-order chi connectivity index (χ0) is 21.8. The van der Waals surface area contributed by atoms with Crippen molar-refractivity contribution in [3.8, 4) is 5.75 Å². The fraction of sp³-hybridized carbons (Fsp3) is 0.227. The van der Waals surface area contributed by atoms with E-state index >= 15 is 0 Å². The number of hydrogen-bond acceptors (Lipinski definition) is 4. The predicted molar refractivity (Wildman–Crippen MR) is 118 cm³/mol. The van der Waals surface area contributed by atoms with Crippen molar-refractivity contribution in [2.75, 3.05) is 17.7 Å². The number of carbonyl (C=O) groups excluding carboxylic acids is 2. The van der Waals surface area contributed by atoms with Crippen LogP contribution in [0, 0.1) is 13.8 Å². The minimum atomic E-state index is -0.411. The number of rotatable bonds is 6. The fourth-order valence-corrected chi connectivity index (χ4v) is 3.37. The third kappa shape index (κ3) is 4.80. The Morgan fingerprint density at radius 2 is 1.80 bits per heavy atom. The molecule has 7 nitrogen and oxygen atoms in total. The quantitative estimate of drug-likeness (QED) is 0.611. The van der Waals surface area contributed by atoms with Crippen molar-refractivity contribution >= 4 is 34.8 Å². The van der Waals surface area contributed by atoms with Crippen molar-refractivity contribution in [1.82, 2.24) is 9.78 Å². The van der Waals surface area contributed by atoms with Crippen LogP contribution in [0.3, 0.4) is 0 Å². The molecule has 0 unspecified atom stereocenters. The van der Waals surface area contributed by atoms with Gasteiger partial charge >= 0.3 is 0 Å². The summed E-state index contributed by atoms with van der Waals surface area (Å²) in [6, 6.07) is 13.0. The van der Waals surface area contributed by atoms with Gasteiger partial charge in [-0.2, -0.15) is 5.10 Å². The highest BCUT2D eigenvalue weighted by molar-refractivity contribution is 6.33. The van der Waals surface area contributed by atoms with Gasteiger partial charge in [0, 0.05) is 12.6 Å². The first-order valence-corrected chi connectivity index (χ1v) is 9.71. The van der Waals surface area contributed by atoms with Crippen molar-refractivity contribution in [3.63, 3.8) is 0 Å².